The number of aliphatic hydroxyl groups excluding tert-OH is 1. The topological polar surface area (TPSA) is 90.4 Å². The highest BCUT2D eigenvalue weighted by Crippen LogP contribution is 2.28. The molecule has 190 valence electrons. The van der Waals surface area contributed by atoms with Gasteiger partial charge in [0.15, 0.2) is 0 Å². The zero-order valence-electron chi connectivity index (χ0n) is 20.2. The van der Waals surface area contributed by atoms with Gasteiger partial charge in [0.1, 0.15) is 0 Å². The Morgan fingerprint density at radius 2 is 1.89 bits per heavy atom. The third-order valence-corrected chi connectivity index (χ3v) is 7.80. The molecule has 1 saturated heterocycles. The number of anilines is 2. The van der Waals surface area contributed by atoms with Crippen molar-refractivity contribution < 1.29 is 9.90 Å². The summed E-state index contributed by atoms with van der Waals surface area (Å²) in [6.07, 6.45) is 3.20. The van der Waals surface area contributed by atoms with E-state index in [1.54, 1.807) is 12.3 Å². The van der Waals surface area contributed by atoms with Crippen LogP contribution in [0, 0.1) is 0 Å². The standard InChI is InChI=1S/C28H29N5O2S2/c34-22-12-15-33(16-13-22)18-19-5-4-8-21(17-19)30-28-29-14-11-23(31-28)24-9-10-25(37-24)26(35)32-27(36)20-6-2-1-3-7-20/h1-11,14,17,22,27,34,36H,12-13,15-16,18H2,(H,32,35)(H,29,30,31)/t27-/m1/s1. The first-order valence-corrected chi connectivity index (χ1v) is 13.6. The van der Waals surface area contributed by atoms with Crippen molar-refractivity contribution in [1.29, 1.82) is 0 Å². The van der Waals surface area contributed by atoms with E-state index in [2.05, 4.69) is 50.3 Å². The van der Waals surface area contributed by atoms with Gasteiger partial charge in [-0.05, 0) is 54.3 Å². The highest BCUT2D eigenvalue weighted by molar-refractivity contribution is 7.80. The quantitative estimate of drug-likeness (QED) is 0.183. The van der Waals surface area contributed by atoms with Crippen molar-refractivity contribution in [2.45, 2.75) is 30.9 Å². The molecule has 1 aliphatic rings. The van der Waals surface area contributed by atoms with Crippen LogP contribution in [0.1, 0.15) is 39.0 Å². The number of nitrogens with one attached hydrogen (secondary N) is 2. The Hall–Kier alpha value is -3.24. The van der Waals surface area contributed by atoms with Gasteiger partial charge in [-0.25, -0.2) is 9.97 Å². The Bertz CT molecular complexity index is 1340. The van der Waals surface area contributed by atoms with Crippen LogP contribution in [0.3, 0.4) is 0 Å². The van der Waals surface area contributed by atoms with E-state index in [0.29, 0.717) is 10.8 Å². The van der Waals surface area contributed by atoms with E-state index in [4.69, 9.17) is 0 Å². The number of aromatic nitrogens is 2. The van der Waals surface area contributed by atoms with Crippen LogP contribution in [0.4, 0.5) is 11.6 Å². The van der Waals surface area contributed by atoms with Crippen LogP contribution in [0.25, 0.3) is 10.6 Å². The molecule has 7 nitrogen and oxygen atoms in total. The molecule has 0 bridgehead atoms. The Balaban J connectivity index is 1.23. The first-order chi connectivity index (χ1) is 18.0. The maximum atomic E-state index is 12.8. The molecular weight excluding hydrogens is 502 g/mol. The van der Waals surface area contributed by atoms with Gasteiger partial charge in [-0.1, -0.05) is 42.5 Å². The minimum absolute atomic E-state index is 0.170. The predicted molar refractivity (Wildman–Crippen MR) is 151 cm³/mol. The van der Waals surface area contributed by atoms with Crippen molar-refractivity contribution in [2.24, 2.45) is 0 Å². The largest absolute Gasteiger partial charge is 0.393 e. The number of thiophene rings is 1. The summed E-state index contributed by atoms with van der Waals surface area (Å²) in [7, 11) is 0. The zero-order valence-corrected chi connectivity index (χ0v) is 22.0. The highest BCUT2D eigenvalue weighted by atomic mass is 32.1. The second-order valence-corrected chi connectivity index (χ2v) is 10.6. The van der Waals surface area contributed by atoms with Crippen LogP contribution >= 0.6 is 24.0 Å². The second-order valence-electron chi connectivity index (χ2n) is 9.05. The van der Waals surface area contributed by atoms with E-state index < -0.39 is 0 Å². The molecule has 3 heterocycles. The second kappa shape index (κ2) is 11.9. The summed E-state index contributed by atoms with van der Waals surface area (Å²) in [5, 5.41) is 15.6. The predicted octanol–water partition coefficient (Wildman–Crippen LogP) is 5.26. The number of carbonyl (C=O) groups is 1. The summed E-state index contributed by atoms with van der Waals surface area (Å²) < 4.78 is 0. The monoisotopic (exact) mass is 531 g/mol. The van der Waals surface area contributed by atoms with Crippen molar-refractivity contribution in [3.63, 3.8) is 0 Å². The molecule has 1 fully saturated rings. The fourth-order valence-electron chi connectivity index (χ4n) is 4.28. The van der Waals surface area contributed by atoms with Crippen molar-refractivity contribution in [2.75, 3.05) is 18.4 Å². The molecule has 2 aromatic heterocycles. The molecule has 9 heteroatoms. The first kappa shape index (κ1) is 25.4. The van der Waals surface area contributed by atoms with Crippen LogP contribution in [0.5, 0.6) is 0 Å². The number of carbonyl (C=O) groups excluding carboxylic acids is 1. The van der Waals surface area contributed by atoms with Crippen molar-refractivity contribution in [3.8, 4) is 10.6 Å². The molecule has 5 rings (SSSR count). The Kier molecular flexibility index (Phi) is 8.15. The molecule has 37 heavy (non-hydrogen) atoms. The fourth-order valence-corrected chi connectivity index (χ4v) is 5.45. The summed E-state index contributed by atoms with van der Waals surface area (Å²) in [4.78, 5) is 25.7. The Morgan fingerprint density at radius 3 is 2.70 bits per heavy atom. The van der Waals surface area contributed by atoms with Gasteiger partial charge in [0.05, 0.1) is 26.9 Å². The molecule has 2 aromatic carbocycles. The molecular formula is C28H29N5O2S2. The van der Waals surface area contributed by atoms with Gasteiger partial charge in [0.25, 0.3) is 5.91 Å². The molecule has 0 spiro atoms. The number of hydrogen-bond acceptors (Lipinski definition) is 8. The molecule has 0 unspecified atom stereocenters. The highest BCUT2D eigenvalue weighted by Gasteiger charge is 2.17. The van der Waals surface area contributed by atoms with Crippen LogP contribution < -0.4 is 10.6 Å². The minimum Gasteiger partial charge on any atom is -0.393 e. The van der Waals surface area contributed by atoms with E-state index in [9.17, 15) is 9.90 Å². The number of thiol groups is 1. The van der Waals surface area contributed by atoms with E-state index >= 15 is 0 Å². The van der Waals surface area contributed by atoms with Crippen LogP contribution in [0.2, 0.25) is 0 Å². The number of benzene rings is 2. The third kappa shape index (κ3) is 6.75. The lowest BCUT2D eigenvalue weighted by Crippen LogP contribution is -2.35. The molecule has 0 saturated carbocycles. The van der Waals surface area contributed by atoms with Crippen molar-refractivity contribution in [3.05, 3.63) is 95.0 Å². The van der Waals surface area contributed by atoms with Gasteiger partial charge >= 0.3 is 0 Å². The summed E-state index contributed by atoms with van der Waals surface area (Å²) in [5.41, 5.74) is 3.79. The van der Waals surface area contributed by atoms with E-state index in [1.165, 1.54) is 16.9 Å². The van der Waals surface area contributed by atoms with Gasteiger partial charge in [-0.2, -0.15) is 0 Å². The van der Waals surface area contributed by atoms with Gasteiger partial charge in [-0.15, -0.1) is 24.0 Å². The summed E-state index contributed by atoms with van der Waals surface area (Å²) >= 11 is 5.91. The Labute approximate surface area is 226 Å². The van der Waals surface area contributed by atoms with Crippen molar-refractivity contribution in [1.82, 2.24) is 20.2 Å². The maximum Gasteiger partial charge on any atom is 0.262 e. The normalized spacial score (nSPS) is 15.3. The van der Waals surface area contributed by atoms with Gasteiger partial charge in [0, 0.05) is 31.5 Å². The number of hydrogen-bond donors (Lipinski definition) is 4. The molecule has 3 N–H and O–H groups in total. The number of amides is 1. The van der Waals surface area contributed by atoms with Crippen LogP contribution in [-0.2, 0) is 6.54 Å². The van der Waals surface area contributed by atoms with Gasteiger partial charge < -0.3 is 15.7 Å². The maximum absolute atomic E-state index is 12.8. The van der Waals surface area contributed by atoms with Gasteiger partial charge in [-0.3, -0.25) is 9.69 Å². The van der Waals surface area contributed by atoms with E-state index in [0.717, 1.165) is 54.3 Å². The van der Waals surface area contributed by atoms with Crippen LogP contribution in [0.15, 0.2) is 79.0 Å². The SMILES string of the molecule is O=C(N[C@H](S)c1ccccc1)c1ccc(-c2ccnc(Nc3cccc(CN4CCC(O)CC4)c3)n2)s1. The molecule has 0 radical (unpaired) electrons. The smallest absolute Gasteiger partial charge is 0.262 e. The van der Waals surface area contributed by atoms with Crippen molar-refractivity contribution >= 4 is 41.5 Å². The Morgan fingerprint density at radius 1 is 1.08 bits per heavy atom. The summed E-state index contributed by atoms with van der Waals surface area (Å²) in [5.74, 6) is 0.321. The zero-order chi connectivity index (χ0) is 25.6. The molecule has 1 atom stereocenters. The minimum atomic E-state index is -0.383. The summed E-state index contributed by atoms with van der Waals surface area (Å²) in [6.45, 7) is 2.66. The summed E-state index contributed by atoms with van der Waals surface area (Å²) in [6, 6.07) is 23.4. The number of piperidine rings is 1. The lowest BCUT2D eigenvalue weighted by Gasteiger charge is -2.29. The molecule has 0 aliphatic carbocycles. The average molecular weight is 532 g/mol. The van der Waals surface area contributed by atoms with E-state index in [1.807, 2.05) is 54.6 Å². The lowest BCUT2D eigenvalue weighted by atomic mass is 10.1. The molecule has 1 amide bonds. The average Bonchev–Trinajstić information content (AvgIpc) is 3.42. The van der Waals surface area contributed by atoms with Crippen LogP contribution in [-0.4, -0.2) is 45.1 Å². The first-order valence-electron chi connectivity index (χ1n) is 12.3. The van der Waals surface area contributed by atoms with Gasteiger partial charge in [0.2, 0.25) is 5.95 Å². The fraction of sp³-hybridized carbons (Fsp3) is 0.250. The lowest BCUT2D eigenvalue weighted by molar-refractivity contribution is 0.0792. The molecule has 1 aliphatic heterocycles. The number of rotatable bonds is 8. The molecule has 4 aromatic rings. The number of nitrogens with zero attached hydrogens (tertiary/aromatic N) is 3. The third-order valence-electron chi connectivity index (χ3n) is 6.27. The number of aliphatic hydroxyl groups is 1. The number of likely N-dealkylation sites (tertiary alicyclic amines) is 1. The van der Waals surface area contributed by atoms with E-state index in [-0.39, 0.29) is 17.4 Å².